The molecule has 6 heteroatoms. The molecule has 0 aliphatic rings. The summed E-state index contributed by atoms with van der Waals surface area (Å²) in [6, 6.07) is 9.99. The Balaban J connectivity index is 2.06. The SMILES string of the molecule is CNc1nc(N)nc(NCc2ccccc2)n1. The first kappa shape index (κ1) is 11.1. The standard InChI is InChI=1S/C11H14N6/c1-13-10-15-9(12)16-11(17-10)14-7-8-5-3-2-4-6-8/h2-6H,7H2,1H3,(H4,12,13,14,15,16,17). The lowest BCUT2D eigenvalue weighted by molar-refractivity contribution is 1.01. The highest BCUT2D eigenvalue weighted by atomic mass is 15.2. The zero-order valence-electron chi connectivity index (χ0n) is 9.51. The number of benzene rings is 1. The van der Waals surface area contributed by atoms with Crippen LogP contribution in [-0.4, -0.2) is 22.0 Å². The third-order valence-electron chi connectivity index (χ3n) is 2.17. The Kier molecular flexibility index (Phi) is 3.34. The number of rotatable bonds is 4. The first-order valence-corrected chi connectivity index (χ1v) is 5.25. The molecule has 0 spiro atoms. The van der Waals surface area contributed by atoms with E-state index in [0.717, 1.165) is 5.56 Å². The van der Waals surface area contributed by atoms with E-state index in [0.29, 0.717) is 18.4 Å². The van der Waals surface area contributed by atoms with Gasteiger partial charge < -0.3 is 16.4 Å². The third kappa shape index (κ3) is 3.04. The van der Waals surface area contributed by atoms with Crippen LogP contribution in [0.4, 0.5) is 17.8 Å². The van der Waals surface area contributed by atoms with Gasteiger partial charge in [0.05, 0.1) is 0 Å². The summed E-state index contributed by atoms with van der Waals surface area (Å²) < 4.78 is 0. The highest BCUT2D eigenvalue weighted by Gasteiger charge is 2.02. The minimum atomic E-state index is 0.194. The van der Waals surface area contributed by atoms with Gasteiger partial charge in [-0.25, -0.2) is 0 Å². The molecule has 88 valence electrons. The topological polar surface area (TPSA) is 88.8 Å². The van der Waals surface area contributed by atoms with Crippen LogP contribution in [0.25, 0.3) is 0 Å². The van der Waals surface area contributed by atoms with E-state index in [1.807, 2.05) is 30.3 Å². The van der Waals surface area contributed by atoms with Crippen molar-refractivity contribution in [3.8, 4) is 0 Å². The van der Waals surface area contributed by atoms with E-state index in [2.05, 4.69) is 25.6 Å². The quantitative estimate of drug-likeness (QED) is 0.729. The van der Waals surface area contributed by atoms with Crippen LogP contribution in [0.1, 0.15) is 5.56 Å². The summed E-state index contributed by atoms with van der Waals surface area (Å²) in [7, 11) is 1.73. The van der Waals surface area contributed by atoms with Crippen molar-refractivity contribution in [1.82, 2.24) is 15.0 Å². The largest absolute Gasteiger partial charge is 0.368 e. The molecule has 0 bridgehead atoms. The van der Waals surface area contributed by atoms with Crippen LogP contribution in [0.3, 0.4) is 0 Å². The maximum absolute atomic E-state index is 5.56. The second kappa shape index (κ2) is 5.11. The number of nitrogens with one attached hydrogen (secondary N) is 2. The van der Waals surface area contributed by atoms with Gasteiger partial charge in [-0.3, -0.25) is 0 Å². The Bertz CT molecular complexity index is 485. The molecule has 4 N–H and O–H groups in total. The Morgan fingerprint density at radius 1 is 1.06 bits per heavy atom. The second-order valence-corrected chi connectivity index (χ2v) is 3.43. The van der Waals surface area contributed by atoms with Gasteiger partial charge in [0, 0.05) is 13.6 Å². The highest BCUT2D eigenvalue weighted by molar-refractivity contribution is 5.39. The Morgan fingerprint density at radius 2 is 1.76 bits per heavy atom. The third-order valence-corrected chi connectivity index (χ3v) is 2.17. The summed E-state index contributed by atoms with van der Waals surface area (Å²) in [5.41, 5.74) is 6.71. The van der Waals surface area contributed by atoms with E-state index in [4.69, 9.17) is 5.73 Å². The molecule has 1 aromatic carbocycles. The van der Waals surface area contributed by atoms with Crippen LogP contribution < -0.4 is 16.4 Å². The van der Waals surface area contributed by atoms with Crippen LogP contribution in [-0.2, 0) is 6.54 Å². The van der Waals surface area contributed by atoms with Crippen molar-refractivity contribution in [2.24, 2.45) is 0 Å². The van der Waals surface area contributed by atoms with Gasteiger partial charge in [-0.2, -0.15) is 15.0 Å². The molecular weight excluding hydrogens is 216 g/mol. The minimum absolute atomic E-state index is 0.194. The fraction of sp³-hybridized carbons (Fsp3) is 0.182. The summed E-state index contributed by atoms with van der Waals surface area (Å²) in [4.78, 5) is 12.1. The molecule has 0 fully saturated rings. The molecule has 0 saturated heterocycles. The molecular formula is C11H14N6. The van der Waals surface area contributed by atoms with E-state index < -0.39 is 0 Å². The molecule has 0 amide bonds. The van der Waals surface area contributed by atoms with Crippen molar-refractivity contribution in [3.05, 3.63) is 35.9 Å². The van der Waals surface area contributed by atoms with Gasteiger partial charge in [0.25, 0.3) is 0 Å². The number of nitrogens with zero attached hydrogens (tertiary/aromatic N) is 3. The number of hydrogen-bond donors (Lipinski definition) is 3. The van der Waals surface area contributed by atoms with Crippen molar-refractivity contribution in [2.45, 2.75) is 6.54 Å². The number of nitrogens with two attached hydrogens (primary N) is 1. The van der Waals surface area contributed by atoms with Crippen molar-refractivity contribution < 1.29 is 0 Å². The molecule has 17 heavy (non-hydrogen) atoms. The first-order valence-electron chi connectivity index (χ1n) is 5.25. The zero-order valence-corrected chi connectivity index (χ0v) is 9.51. The van der Waals surface area contributed by atoms with Gasteiger partial charge in [0.1, 0.15) is 0 Å². The molecule has 1 heterocycles. The number of nitrogen functional groups attached to an aromatic ring is 1. The molecule has 2 aromatic rings. The molecule has 0 unspecified atom stereocenters. The smallest absolute Gasteiger partial charge is 0.229 e. The predicted octanol–water partition coefficient (Wildman–Crippen LogP) is 1.11. The lowest BCUT2D eigenvalue weighted by atomic mass is 10.2. The van der Waals surface area contributed by atoms with Crippen LogP contribution in [0.2, 0.25) is 0 Å². The van der Waals surface area contributed by atoms with E-state index in [9.17, 15) is 0 Å². The van der Waals surface area contributed by atoms with Crippen LogP contribution in [0, 0.1) is 0 Å². The second-order valence-electron chi connectivity index (χ2n) is 3.43. The Morgan fingerprint density at radius 3 is 2.47 bits per heavy atom. The average molecular weight is 230 g/mol. The fourth-order valence-electron chi connectivity index (χ4n) is 1.36. The summed E-state index contributed by atoms with van der Waals surface area (Å²) in [5.74, 6) is 1.11. The van der Waals surface area contributed by atoms with Crippen molar-refractivity contribution in [3.63, 3.8) is 0 Å². The lowest BCUT2D eigenvalue weighted by Gasteiger charge is -2.06. The number of aromatic nitrogens is 3. The van der Waals surface area contributed by atoms with Gasteiger partial charge in [0.2, 0.25) is 17.8 Å². The molecule has 6 nitrogen and oxygen atoms in total. The van der Waals surface area contributed by atoms with Gasteiger partial charge in [-0.05, 0) is 5.56 Å². The van der Waals surface area contributed by atoms with Gasteiger partial charge >= 0.3 is 0 Å². The van der Waals surface area contributed by atoms with Crippen molar-refractivity contribution in [2.75, 3.05) is 23.4 Å². The fourth-order valence-corrected chi connectivity index (χ4v) is 1.36. The molecule has 0 radical (unpaired) electrons. The summed E-state index contributed by atoms with van der Waals surface area (Å²) >= 11 is 0. The first-order chi connectivity index (χ1) is 8.28. The van der Waals surface area contributed by atoms with Crippen LogP contribution >= 0.6 is 0 Å². The van der Waals surface area contributed by atoms with Crippen molar-refractivity contribution >= 4 is 17.8 Å². The van der Waals surface area contributed by atoms with E-state index >= 15 is 0 Å². The van der Waals surface area contributed by atoms with Crippen molar-refractivity contribution in [1.29, 1.82) is 0 Å². The number of hydrogen-bond acceptors (Lipinski definition) is 6. The summed E-state index contributed by atoms with van der Waals surface area (Å²) in [5, 5.41) is 5.92. The Hall–Kier alpha value is -2.37. The van der Waals surface area contributed by atoms with E-state index in [1.165, 1.54) is 0 Å². The highest BCUT2D eigenvalue weighted by Crippen LogP contribution is 2.07. The average Bonchev–Trinajstić information content (AvgIpc) is 2.37. The molecule has 0 aliphatic carbocycles. The Labute approximate surface area is 99.3 Å². The van der Waals surface area contributed by atoms with Gasteiger partial charge in [0.15, 0.2) is 0 Å². The molecule has 0 atom stereocenters. The molecule has 1 aromatic heterocycles. The summed E-state index contributed by atoms with van der Waals surface area (Å²) in [6.07, 6.45) is 0. The lowest BCUT2D eigenvalue weighted by Crippen LogP contribution is -2.09. The van der Waals surface area contributed by atoms with E-state index in [1.54, 1.807) is 7.05 Å². The number of anilines is 3. The normalized spacial score (nSPS) is 9.94. The van der Waals surface area contributed by atoms with Crippen LogP contribution in [0.15, 0.2) is 30.3 Å². The molecule has 0 aliphatic heterocycles. The summed E-state index contributed by atoms with van der Waals surface area (Å²) in [6.45, 7) is 0.646. The maximum atomic E-state index is 5.56. The molecule has 2 rings (SSSR count). The van der Waals surface area contributed by atoms with Gasteiger partial charge in [-0.1, -0.05) is 30.3 Å². The zero-order chi connectivity index (χ0) is 12.1. The predicted molar refractivity (Wildman–Crippen MR) is 67.6 cm³/mol. The molecule has 0 saturated carbocycles. The monoisotopic (exact) mass is 230 g/mol. The van der Waals surface area contributed by atoms with E-state index in [-0.39, 0.29) is 5.95 Å². The minimum Gasteiger partial charge on any atom is -0.368 e. The van der Waals surface area contributed by atoms with Gasteiger partial charge in [-0.15, -0.1) is 0 Å². The maximum Gasteiger partial charge on any atom is 0.229 e. The van der Waals surface area contributed by atoms with Crippen LogP contribution in [0.5, 0.6) is 0 Å².